The molecule has 4 heteroatoms. The van der Waals surface area contributed by atoms with Gasteiger partial charge in [-0.15, -0.1) is 0 Å². The fourth-order valence-electron chi connectivity index (χ4n) is 1.87. The van der Waals surface area contributed by atoms with Crippen LogP contribution in [-0.2, 0) is 11.2 Å². The molecule has 0 aliphatic rings. The quantitative estimate of drug-likeness (QED) is 0.783. The minimum Gasteiger partial charge on any atom is -0.371 e. The first-order valence-electron chi connectivity index (χ1n) is 6.35. The number of H-pyrrole nitrogens is 1. The number of hydrogen-bond acceptors (Lipinski definition) is 3. The highest BCUT2D eigenvalue weighted by Crippen LogP contribution is 2.20. The van der Waals surface area contributed by atoms with Crippen molar-refractivity contribution in [1.82, 2.24) is 9.97 Å². The molecule has 0 spiro atoms. The number of ether oxygens (including phenoxy) is 1. The van der Waals surface area contributed by atoms with E-state index in [1.165, 1.54) is 5.69 Å². The number of aryl methyl sites for hydroxylation is 1. The van der Waals surface area contributed by atoms with Crippen LogP contribution in [0.2, 0.25) is 0 Å². The standard InChI is InChI=1S/C13H22N2OS/c1-5-8-11(16-7-3)12-14-10(6-2)9(4)13(17)15-12/h11H,5-8H2,1-4H3,(H,14,15,17). The van der Waals surface area contributed by atoms with E-state index >= 15 is 0 Å². The van der Waals surface area contributed by atoms with Gasteiger partial charge in [0, 0.05) is 17.9 Å². The van der Waals surface area contributed by atoms with Gasteiger partial charge in [0.1, 0.15) is 16.6 Å². The molecule has 0 aromatic carbocycles. The Labute approximate surface area is 109 Å². The van der Waals surface area contributed by atoms with Crippen molar-refractivity contribution in [3.8, 4) is 0 Å². The van der Waals surface area contributed by atoms with Crippen molar-refractivity contribution in [2.45, 2.75) is 53.1 Å². The third-order valence-corrected chi connectivity index (χ3v) is 3.25. The second-order valence-corrected chi connectivity index (χ2v) is 4.50. The van der Waals surface area contributed by atoms with E-state index in [0.29, 0.717) is 11.2 Å². The van der Waals surface area contributed by atoms with Gasteiger partial charge in [-0.25, -0.2) is 4.98 Å². The zero-order chi connectivity index (χ0) is 12.8. The Hall–Kier alpha value is -0.740. The Balaban J connectivity index is 3.10. The monoisotopic (exact) mass is 254 g/mol. The van der Waals surface area contributed by atoms with Crippen LogP contribution in [0.5, 0.6) is 0 Å². The number of aromatic nitrogens is 2. The number of aromatic amines is 1. The molecular weight excluding hydrogens is 232 g/mol. The average molecular weight is 254 g/mol. The Morgan fingerprint density at radius 3 is 2.59 bits per heavy atom. The minimum atomic E-state index is 0.0394. The normalized spacial score (nSPS) is 12.7. The van der Waals surface area contributed by atoms with Crippen molar-refractivity contribution in [3.63, 3.8) is 0 Å². The second-order valence-electron chi connectivity index (χ2n) is 4.12. The summed E-state index contributed by atoms with van der Waals surface area (Å²) >= 11 is 5.30. The summed E-state index contributed by atoms with van der Waals surface area (Å²) in [4.78, 5) is 7.82. The van der Waals surface area contributed by atoms with Crippen molar-refractivity contribution in [2.75, 3.05) is 6.61 Å². The molecule has 0 amide bonds. The van der Waals surface area contributed by atoms with Crippen LogP contribution in [0.15, 0.2) is 0 Å². The number of nitrogens with one attached hydrogen (secondary N) is 1. The highest BCUT2D eigenvalue weighted by molar-refractivity contribution is 7.71. The predicted molar refractivity (Wildman–Crippen MR) is 72.8 cm³/mol. The zero-order valence-electron chi connectivity index (χ0n) is 11.2. The molecule has 17 heavy (non-hydrogen) atoms. The van der Waals surface area contributed by atoms with Gasteiger partial charge in [0.15, 0.2) is 0 Å². The fraction of sp³-hybridized carbons (Fsp3) is 0.692. The van der Waals surface area contributed by atoms with Gasteiger partial charge in [-0.3, -0.25) is 0 Å². The van der Waals surface area contributed by atoms with E-state index in [1.807, 2.05) is 13.8 Å². The Bertz CT molecular complexity index is 408. The molecule has 1 rings (SSSR count). The molecule has 1 atom stereocenters. The van der Waals surface area contributed by atoms with Gasteiger partial charge in [-0.05, 0) is 26.7 Å². The summed E-state index contributed by atoms with van der Waals surface area (Å²) in [6, 6.07) is 0. The molecule has 0 fully saturated rings. The largest absolute Gasteiger partial charge is 0.371 e. The maximum Gasteiger partial charge on any atom is 0.137 e. The predicted octanol–water partition coefficient (Wildman–Crippen LogP) is 3.89. The van der Waals surface area contributed by atoms with Crippen LogP contribution < -0.4 is 0 Å². The van der Waals surface area contributed by atoms with Gasteiger partial charge < -0.3 is 9.72 Å². The highest BCUT2D eigenvalue weighted by atomic mass is 32.1. The summed E-state index contributed by atoms with van der Waals surface area (Å²) in [7, 11) is 0. The topological polar surface area (TPSA) is 37.9 Å². The van der Waals surface area contributed by atoms with Gasteiger partial charge in [0.2, 0.25) is 0 Å². The SMILES string of the molecule is CCCC(OCC)c1nc(=S)c(C)c(CC)[nH]1. The summed E-state index contributed by atoms with van der Waals surface area (Å²) < 4.78 is 6.41. The Morgan fingerprint density at radius 2 is 2.06 bits per heavy atom. The van der Waals surface area contributed by atoms with Crippen LogP contribution in [0.3, 0.4) is 0 Å². The van der Waals surface area contributed by atoms with Crippen molar-refractivity contribution in [3.05, 3.63) is 21.7 Å². The van der Waals surface area contributed by atoms with Crippen LogP contribution in [0.1, 0.15) is 56.8 Å². The van der Waals surface area contributed by atoms with Gasteiger partial charge >= 0.3 is 0 Å². The smallest absolute Gasteiger partial charge is 0.137 e. The van der Waals surface area contributed by atoms with E-state index in [9.17, 15) is 0 Å². The third-order valence-electron chi connectivity index (χ3n) is 2.85. The molecule has 1 aromatic heterocycles. The lowest BCUT2D eigenvalue weighted by atomic mass is 10.1. The molecule has 0 bridgehead atoms. The fourth-order valence-corrected chi connectivity index (χ4v) is 2.09. The third kappa shape index (κ3) is 3.61. The van der Waals surface area contributed by atoms with E-state index in [0.717, 1.165) is 30.7 Å². The second kappa shape index (κ2) is 6.87. The van der Waals surface area contributed by atoms with Crippen molar-refractivity contribution >= 4 is 12.2 Å². The Kier molecular flexibility index (Phi) is 5.78. The lowest BCUT2D eigenvalue weighted by Crippen LogP contribution is -2.11. The zero-order valence-corrected chi connectivity index (χ0v) is 12.0. The molecular formula is C13H22N2OS. The van der Waals surface area contributed by atoms with Crippen LogP contribution in [0.25, 0.3) is 0 Å². The molecule has 0 radical (unpaired) electrons. The van der Waals surface area contributed by atoms with Gasteiger partial charge in [-0.1, -0.05) is 32.5 Å². The number of hydrogen-bond donors (Lipinski definition) is 1. The molecule has 96 valence electrons. The van der Waals surface area contributed by atoms with Crippen molar-refractivity contribution in [1.29, 1.82) is 0 Å². The molecule has 1 N–H and O–H groups in total. The molecule has 0 aliphatic heterocycles. The molecule has 1 heterocycles. The first-order chi connectivity index (χ1) is 8.13. The van der Waals surface area contributed by atoms with Crippen molar-refractivity contribution in [2.24, 2.45) is 0 Å². The maximum atomic E-state index is 5.72. The van der Waals surface area contributed by atoms with Gasteiger partial charge in [0.05, 0.1) is 0 Å². The van der Waals surface area contributed by atoms with E-state index in [2.05, 4.69) is 23.8 Å². The lowest BCUT2D eigenvalue weighted by Gasteiger charge is -2.17. The molecule has 1 unspecified atom stereocenters. The first-order valence-corrected chi connectivity index (χ1v) is 6.76. The number of rotatable bonds is 6. The summed E-state index contributed by atoms with van der Waals surface area (Å²) in [5.74, 6) is 0.876. The van der Waals surface area contributed by atoms with E-state index in [-0.39, 0.29) is 6.10 Å². The van der Waals surface area contributed by atoms with Crippen LogP contribution in [-0.4, -0.2) is 16.6 Å². The van der Waals surface area contributed by atoms with Crippen LogP contribution in [0.4, 0.5) is 0 Å². The summed E-state index contributed by atoms with van der Waals surface area (Å²) in [5, 5.41) is 0. The van der Waals surface area contributed by atoms with E-state index in [1.54, 1.807) is 0 Å². The summed E-state index contributed by atoms with van der Waals surface area (Å²) in [6.07, 6.45) is 3.02. The summed E-state index contributed by atoms with van der Waals surface area (Å²) in [5.41, 5.74) is 2.25. The van der Waals surface area contributed by atoms with E-state index < -0.39 is 0 Å². The van der Waals surface area contributed by atoms with Crippen LogP contribution >= 0.6 is 12.2 Å². The summed E-state index contributed by atoms with van der Waals surface area (Å²) in [6.45, 7) is 8.99. The molecule has 0 saturated carbocycles. The molecule has 1 aromatic rings. The van der Waals surface area contributed by atoms with Gasteiger partial charge in [-0.2, -0.15) is 0 Å². The lowest BCUT2D eigenvalue weighted by molar-refractivity contribution is 0.0491. The first kappa shape index (κ1) is 14.3. The van der Waals surface area contributed by atoms with Gasteiger partial charge in [0.25, 0.3) is 0 Å². The highest BCUT2D eigenvalue weighted by Gasteiger charge is 2.14. The molecule has 3 nitrogen and oxygen atoms in total. The van der Waals surface area contributed by atoms with Crippen LogP contribution in [0, 0.1) is 11.6 Å². The van der Waals surface area contributed by atoms with Crippen molar-refractivity contribution < 1.29 is 4.74 Å². The molecule has 0 aliphatic carbocycles. The average Bonchev–Trinajstić information content (AvgIpc) is 2.32. The minimum absolute atomic E-state index is 0.0394. The maximum absolute atomic E-state index is 5.72. The Morgan fingerprint density at radius 1 is 1.35 bits per heavy atom. The van der Waals surface area contributed by atoms with E-state index in [4.69, 9.17) is 17.0 Å². The number of nitrogens with zero attached hydrogens (tertiary/aromatic N) is 1. The molecule has 0 saturated heterocycles.